The van der Waals surface area contributed by atoms with Crippen LogP contribution in [0.4, 0.5) is 13.2 Å². The molecule has 2 nitrogen and oxygen atoms in total. The van der Waals surface area contributed by atoms with Crippen LogP contribution >= 0.6 is 11.3 Å². The summed E-state index contributed by atoms with van der Waals surface area (Å²) < 4.78 is 37.4. The smallest absolute Gasteiger partial charge is 0.391 e. The minimum Gasteiger partial charge on any atom is -0.391 e. The first-order valence-electron chi connectivity index (χ1n) is 6.17. The fourth-order valence-electron chi connectivity index (χ4n) is 1.73. The van der Waals surface area contributed by atoms with Crippen LogP contribution < -0.4 is 0 Å². The number of rotatable bonds is 5. The summed E-state index contributed by atoms with van der Waals surface area (Å²) in [6.07, 6.45) is -1.32. The third kappa shape index (κ3) is 3.63. The number of halogens is 3. The van der Waals surface area contributed by atoms with E-state index in [4.69, 9.17) is 0 Å². The first kappa shape index (κ1) is 15.5. The summed E-state index contributed by atoms with van der Waals surface area (Å²) in [6, 6.07) is 6.85. The molecule has 2 aromatic rings. The van der Waals surface area contributed by atoms with E-state index in [1.165, 1.54) is 17.4 Å². The number of nitrogens with zero attached hydrogens (tertiary/aromatic N) is 1. The van der Waals surface area contributed by atoms with Gasteiger partial charge >= 0.3 is 6.18 Å². The van der Waals surface area contributed by atoms with Crippen LogP contribution in [0, 0.1) is 12.1 Å². The summed E-state index contributed by atoms with van der Waals surface area (Å²) in [5.74, 6) is 0. The zero-order valence-electron chi connectivity index (χ0n) is 11.0. The molecule has 1 N–H and O–H groups in total. The number of aryl methyl sites for hydroxylation is 1. The molecule has 1 aromatic heterocycles. The largest absolute Gasteiger partial charge is 0.424 e. The average molecular weight is 311 g/mol. The normalized spacial score (nSPS) is 11.2. The first-order chi connectivity index (χ1) is 9.95. The minimum absolute atomic E-state index is 0.144. The number of alkyl halides is 3. The summed E-state index contributed by atoms with van der Waals surface area (Å²) in [7, 11) is 0. The quantitative estimate of drug-likeness (QED) is 0.845. The summed E-state index contributed by atoms with van der Waals surface area (Å²) >= 11 is 1.25. The maximum atomic E-state index is 12.5. The van der Waals surface area contributed by atoms with Crippen molar-refractivity contribution in [2.75, 3.05) is 0 Å². The van der Waals surface area contributed by atoms with Crippen LogP contribution in [0.15, 0.2) is 24.8 Å². The predicted molar refractivity (Wildman–Crippen MR) is 74.7 cm³/mol. The molecule has 0 atom stereocenters. The molecule has 2 rings (SSSR count). The Bertz CT molecular complexity index is 617. The highest BCUT2D eigenvalue weighted by Crippen LogP contribution is 2.31. The topological polar surface area (TPSA) is 33.1 Å². The molecule has 0 spiro atoms. The third-order valence-electron chi connectivity index (χ3n) is 2.79. The van der Waals surface area contributed by atoms with E-state index in [0.29, 0.717) is 21.9 Å². The molecular formula is C15H12F3NOS. The molecule has 1 aromatic carbocycles. The van der Waals surface area contributed by atoms with Crippen LogP contribution in [0.1, 0.15) is 22.6 Å². The molecule has 0 saturated heterocycles. The van der Waals surface area contributed by atoms with Crippen LogP contribution in [-0.4, -0.2) is 10.1 Å². The fourth-order valence-corrected chi connectivity index (χ4v) is 2.68. The van der Waals surface area contributed by atoms with Crippen molar-refractivity contribution in [3.05, 3.63) is 53.1 Å². The second-order valence-corrected chi connectivity index (χ2v) is 5.37. The lowest BCUT2D eigenvalue weighted by molar-refractivity contribution is -0.137. The Labute approximate surface area is 124 Å². The summed E-state index contributed by atoms with van der Waals surface area (Å²) in [6.45, 7) is 3.48. The Hall–Kier alpha value is -1.84. The van der Waals surface area contributed by atoms with Crippen molar-refractivity contribution in [3.8, 4) is 10.6 Å². The monoisotopic (exact) mass is 311 g/mol. The van der Waals surface area contributed by atoms with E-state index < -0.39 is 11.7 Å². The van der Waals surface area contributed by atoms with Gasteiger partial charge in [0.15, 0.2) is 0 Å². The second kappa shape index (κ2) is 6.29. The van der Waals surface area contributed by atoms with Gasteiger partial charge in [-0.1, -0.05) is 18.2 Å². The van der Waals surface area contributed by atoms with Crippen molar-refractivity contribution in [1.29, 1.82) is 0 Å². The molecule has 6 heteroatoms. The summed E-state index contributed by atoms with van der Waals surface area (Å²) in [5, 5.41) is 9.84. The zero-order chi connectivity index (χ0) is 15.5. The Morgan fingerprint density at radius 1 is 1.33 bits per heavy atom. The molecule has 1 heterocycles. The van der Waals surface area contributed by atoms with Crippen LogP contribution in [0.5, 0.6) is 0 Å². The van der Waals surface area contributed by atoms with Gasteiger partial charge in [-0.05, 0) is 25.0 Å². The summed E-state index contributed by atoms with van der Waals surface area (Å²) in [4.78, 5) is 5.07. The molecule has 0 amide bonds. The van der Waals surface area contributed by atoms with Gasteiger partial charge in [-0.3, -0.25) is 0 Å². The zero-order valence-corrected chi connectivity index (χ0v) is 11.8. The van der Waals surface area contributed by atoms with Gasteiger partial charge in [0.05, 0.1) is 22.7 Å². The average Bonchev–Trinajstić information content (AvgIpc) is 2.87. The molecule has 0 bridgehead atoms. The van der Waals surface area contributed by atoms with E-state index in [-0.39, 0.29) is 6.61 Å². The van der Waals surface area contributed by atoms with Crippen molar-refractivity contribution in [2.24, 2.45) is 0 Å². The maximum absolute atomic E-state index is 12.5. The van der Waals surface area contributed by atoms with Crippen LogP contribution in [0.3, 0.4) is 0 Å². The Morgan fingerprint density at radius 2 is 2.10 bits per heavy atom. The lowest BCUT2D eigenvalue weighted by atomic mass is 10.2. The van der Waals surface area contributed by atoms with Crippen molar-refractivity contribution >= 4 is 11.3 Å². The number of aliphatic hydroxyl groups is 1. The predicted octanol–water partition coefficient (Wildman–Crippen LogP) is 4.04. The number of allylic oxidation sites excluding steroid dienone is 1. The van der Waals surface area contributed by atoms with Gasteiger partial charge in [0.25, 0.3) is 0 Å². The molecule has 0 aliphatic rings. The van der Waals surface area contributed by atoms with Gasteiger partial charge in [0.2, 0.25) is 0 Å². The lowest BCUT2D eigenvalue weighted by Crippen LogP contribution is -2.03. The third-order valence-corrected chi connectivity index (χ3v) is 3.91. The molecule has 0 aliphatic heterocycles. The van der Waals surface area contributed by atoms with Gasteiger partial charge in [-0.15, -0.1) is 17.9 Å². The highest BCUT2D eigenvalue weighted by molar-refractivity contribution is 7.15. The summed E-state index contributed by atoms with van der Waals surface area (Å²) in [5.41, 5.74) is 0.315. The standard InChI is InChI=1S/C15H12F3NOS/c1-2-3-4-12-13(9-20)21-14(19-12)10-5-7-11(8-6-10)15(16,17)18/h2,5,7,20H,1,3-4,9H2. The molecule has 0 fully saturated rings. The number of aliphatic hydroxyl groups excluding tert-OH is 1. The Morgan fingerprint density at radius 3 is 2.62 bits per heavy atom. The van der Waals surface area contributed by atoms with Gasteiger partial charge in [0.1, 0.15) is 10.6 Å². The van der Waals surface area contributed by atoms with E-state index in [0.717, 1.165) is 18.2 Å². The number of aromatic nitrogens is 1. The lowest BCUT2D eigenvalue weighted by Gasteiger charge is -2.02. The van der Waals surface area contributed by atoms with Crippen molar-refractivity contribution in [3.63, 3.8) is 0 Å². The molecule has 110 valence electrons. The maximum Gasteiger partial charge on any atom is 0.424 e. The first-order valence-corrected chi connectivity index (χ1v) is 6.99. The highest BCUT2D eigenvalue weighted by atomic mass is 32.1. The van der Waals surface area contributed by atoms with E-state index in [9.17, 15) is 18.3 Å². The molecule has 0 saturated carbocycles. The van der Waals surface area contributed by atoms with Crippen molar-refractivity contribution < 1.29 is 18.3 Å². The van der Waals surface area contributed by atoms with Gasteiger partial charge in [0, 0.05) is 0 Å². The van der Waals surface area contributed by atoms with Crippen LogP contribution in [-0.2, 0) is 19.2 Å². The Kier molecular flexibility index (Phi) is 4.66. The van der Waals surface area contributed by atoms with E-state index in [1.54, 1.807) is 6.08 Å². The van der Waals surface area contributed by atoms with E-state index in [2.05, 4.69) is 23.7 Å². The molecular weight excluding hydrogens is 299 g/mol. The van der Waals surface area contributed by atoms with Crippen LogP contribution in [0.2, 0.25) is 0 Å². The van der Waals surface area contributed by atoms with Crippen molar-refractivity contribution in [1.82, 2.24) is 4.98 Å². The van der Waals surface area contributed by atoms with E-state index >= 15 is 0 Å². The SMILES string of the molecule is C=CCCc1nc(-c2c#cc(C(F)(F)F)cc2)sc1CO. The second-order valence-electron chi connectivity index (χ2n) is 4.28. The van der Waals surface area contributed by atoms with Gasteiger partial charge in [-0.25, -0.2) is 4.98 Å². The molecule has 0 radical (unpaired) electrons. The minimum atomic E-state index is -4.43. The van der Waals surface area contributed by atoms with Crippen LogP contribution in [0.25, 0.3) is 10.6 Å². The molecule has 0 aliphatic carbocycles. The molecule has 21 heavy (non-hydrogen) atoms. The fraction of sp³-hybridized carbons (Fsp3) is 0.267. The van der Waals surface area contributed by atoms with Gasteiger partial charge < -0.3 is 5.11 Å². The number of thiazole rings is 1. The van der Waals surface area contributed by atoms with E-state index in [1.807, 2.05) is 0 Å². The van der Waals surface area contributed by atoms with Crippen molar-refractivity contribution in [2.45, 2.75) is 25.6 Å². The van der Waals surface area contributed by atoms with Gasteiger partial charge in [-0.2, -0.15) is 13.2 Å². The Balaban J connectivity index is 2.29. The number of hydrogen-bond donors (Lipinski definition) is 1. The highest BCUT2D eigenvalue weighted by Gasteiger charge is 2.30. The molecule has 0 unspecified atom stereocenters. The number of hydrogen-bond acceptors (Lipinski definition) is 3.